The minimum atomic E-state index is -0.0570. The van der Waals surface area contributed by atoms with E-state index < -0.39 is 0 Å². The number of guanidine groups is 1. The molecular formula is C20H30N6O2. The molecule has 8 nitrogen and oxygen atoms in total. The third-order valence-electron chi connectivity index (χ3n) is 4.53. The lowest BCUT2D eigenvalue weighted by Crippen LogP contribution is -2.47. The van der Waals surface area contributed by atoms with Crippen molar-refractivity contribution < 1.29 is 9.47 Å². The summed E-state index contributed by atoms with van der Waals surface area (Å²) in [4.78, 5) is 9.17. The van der Waals surface area contributed by atoms with Crippen LogP contribution in [0.4, 0.5) is 0 Å². The molecule has 0 saturated carbocycles. The number of nitrogens with zero attached hydrogens (tertiary/aromatic N) is 4. The number of aromatic nitrogens is 3. The highest BCUT2D eigenvalue weighted by molar-refractivity contribution is 5.80. The molecule has 2 aromatic rings. The SMILES string of the molecule is CCNC(=NCC(C)Oc1cccc(OC)c1)NC1CCc2nc(C)nn2C1. The molecule has 3 rings (SSSR count). The average molecular weight is 387 g/mol. The van der Waals surface area contributed by atoms with Crippen molar-refractivity contribution in [3.63, 3.8) is 0 Å². The van der Waals surface area contributed by atoms with Crippen LogP contribution in [0.2, 0.25) is 0 Å². The molecule has 0 amide bonds. The van der Waals surface area contributed by atoms with Gasteiger partial charge in [-0.25, -0.2) is 14.7 Å². The van der Waals surface area contributed by atoms with Gasteiger partial charge >= 0.3 is 0 Å². The number of nitrogens with one attached hydrogen (secondary N) is 2. The van der Waals surface area contributed by atoms with Crippen molar-refractivity contribution in [2.45, 2.75) is 52.3 Å². The molecule has 1 aliphatic rings. The predicted octanol–water partition coefficient (Wildman–Crippen LogP) is 1.93. The summed E-state index contributed by atoms with van der Waals surface area (Å²) in [7, 11) is 1.65. The van der Waals surface area contributed by atoms with Crippen LogP contribution in [0.15, 0.2) is 29.3 Å². The monoisotopic (exact) mass is 386 g/mol. The first kappa shape index (κ1) is 20.0. The second-order valence-electron chi connectivity index (χ2n) is 6.96. The molecule has 0 fully saturated rings. The van der Waals surface area contributed by atoms with Gasteiger partial charge in [0.15, 0.2) is 5.96 Å². The summed E-state index contributed by atoms with van der Waals surface area (Å²) in [5, 5.41) is 11.3. The maximum Gasteiger partial charge on any atom is 0.191 e. The number of aliphatic imine (C=N–C) groups is 1. The van der Waals surface area contributed by atoms with Gasteiger partial charge in [0.25, 0.3) is 0 Å². The van der Waals surface area contributed by atoms with Crippen LogP contribution in [0.3, 0.4) is 0 Å². The second-order valence-corrected chi connectivity index (χ2v) is 6.96. The van der Waals surface area contributed by atoms with Crippen LogP contribution < -0.4 is 20.1 Å². The Labute approximate surface area is 166 Å². The third kappa shape index (κ3) is 5.37. The first-order valence-corrected chi connectivity index (χ1v) is 9.83. The normalized spacial score (nSPS) is 17.6. The van der Waals surface area contributed by atoms with Crippen molar-refractivity contribution >= 4 is 5.96 Å². The van der Waals surface area contributed by atoms with Crippen LogP contribution in [-0.2, 0) is 13.0 Å². The predicted molar refractivity (Wildman–Crippen MR) is 109 cm³/mol. The van der Waals surface area contributed by atoms with E-state index in [9.17, 15) is 0 Å². The molecule has 1 aliphatic heterocycles. The van der Waals surface area contributed by atoms with Crippen LogP contribution in [0.25, 0.3) is 0 Å². The number of hydrogen-bond acceptors (Lipinski definition) is 5. The minimum absolute atomic E-state index is 0.0570. The van der Waals surface area contributed by atoms with E-state index in [0.717, 1.165) is 55.0 Å². The van der Waals surface area contributed by atoms with Crippen molar-refractivity contribution in [1.29, 1.82) is 0 Å². The Morgan fingerprint density at radius 3 is 3.00 bits per heavy atom. The van der Waals surface area contributed by atoms with Gasteiger partial charge in [0, 0.05) is 25.1 Å². The van der Waals surface area contributed by atoms with E-state index in [1.165, 1.54) is 0 Å². The first-order chi connectivity index (χ1) is 13.6. The van der Waals surface area contributed by atoms with Gasteiger partial charge in [-0.1, -0.05) is 6.07 Å². The zero-order valence-corrected chi connectivity index (χ0v) is 17.1. The fraction of sp³-hybridized carbons (Fsp3) is 0.550. The summed E-state index contributed by atoms with van der Waals surface area (Å²) in [6.45, 7) is 8.16. The highest BCUT2D eigenvalue weighted by Gasteiger charge is 2.21. The van der Waals surface area contributed by atoms with Crippen LogP contribution in [0.1, 0.15) is 31.9 Å². The Kier molecular flexibility index (Phi) is 6.73. The van der Waals surface area contributed by atoms with Gasteiger partial charge in [-0.3, -0.25) is 0 Å². The summed E-state index contributed by atoms with van der Waals surface area (Å²) in [6.07, 6.45) is 1.88. The second kappa shape index (κ2) is 9.43. The van der Waals surface area contributed by atoms with Crippen molar-refractivity contribution in [1.82, 2.24) is 25.4 Å². The number of rotatable bonds is 7. The largest absolute Gasteiger partial charge is 0.497 e. The Hall–Kier alpha value is -2.77. The van der Waals surface area contributed by atoms with Crippen molar-refractivity contribution in [2.75, 3.05) is 20.2 Å². The van der Waals surface area contributed by atoms with Crippen LogP contribution in [0.5, 0.6) is 11.5 Å². The standard InChI is InChI=1S/C20H30N6O2/c1-5-21-20(24-16-9-10-19-23-15(3)25-26(19)13-16)22-12-14(2)28-18-8-6-7-17(11-18)27-4/h6-8,11,14,16H,5,9-10,12-13H2,1-4H3,(H2,21,22,24). The maximum absolute atomic E-state index is 5.96. The number of hydrogen-bond donors (Lipinski definition) is 2. The quantitative estimate of drug-likeness (QED) is 0.559. The third-order valence-corrected chi connectivity index (χ3v) is 4.53. The lowest BCUT2D eigenvalue weighted by molar-refractivity contribution is 0.229. The lowest BCUT2D eigenvalue weighted by atomic mass is 10.1. The molecule has 2 atom stereocenters. The summed E-state index contributed by atoms with van der Waals surface area (Å²) >= 11 is 0. The van der Waals surface area contributed by atoms with Crippen molar-refractivity contribution in [3.8, 4) is 11.5 Å². The average Bonchev–Trinajstić information content (AvgIpc) is 3.05. The minimum Gasteiger partial charge on any atom is -0.497 e. The Bertz CT molecular complexity index is 804. The molecule has 0 bridgehead atoms. The molecule has 1 aromatic carbocycles. The van der Waals surface area contributed by atoms with E-state index in [4.69, 9.17) is 14.5 Å². The van der Waals surface area contributed by atoms with Gasteiger partial charge in [-0.2, -0.15) is 5.10 Å². The van der Waals surface area contributed by atoms with Crippen LogP contribution >= 0.6 is 0 Å². The van der Waals surface area contributed by atoms with Gasteiger partial charge in [0.1, 0.15) is 29.3 Å². The van der Waals surface area contributed by atoms with E-state index in [2.05, 4.69) is 27.6 Å². The van der Waals surface area contributed by atoms with E-state index in [0.29, 0.717) is 6.54 Å². The lowest BCUT2D eigenvalue weighted by Gasteiger charge is -2.25. The van der Waals surface area contributed by atoms with Gasteiger partial charge in [-0.05, 0) is 39.3 Å². The van der Waals surface area contributed by atoms with Crippen LogP contribution in [-0.4, -0.2) is 53.1 Å². The molecule has 2 heterocycles. The topological polar surface area (TPSA) is 85.6 Å². The highest BCUT2D eigenvalue weighted by atomic mass is 16.5. The maximum atomic E-state index is 5.96. The number of benzene rings is 1. The molecule has 0 radical (unpaired) electrons. The van der Waals surface area contributed by atoms with E-state index in [-0.39, 0.29) is 12.1 Å². The summed E-state index contributed by atoms with van der Waals surface area (Å²) in [5.74, 6) is 4.26. The number of ether oxygens (including phenoxy) is 2. The Morgan fingerprint density at radius 2 is 2.21 bits per heavy atom. The molecule has 2 unspecified atom stereocenters. The van der Waals surface area contributed by atoms with Crippen LogP contribution in [0, 0.1) is 6.92 Å². The highest BCUT2D eigenvalue weighted by Crippen LogP contribution is 2.20. The fourth-order valence-electron chi connectivity index (χ4n) is 3.23. The van der Waals surface area contributed by atoms with Gasteiger partial charge in [-0.15, -0.1) is 0 Å². The Balaban J connectivity index is 1.56. The number of fused-ring (bicyclic) bond motifs is 1. The van der Waals surface area contributed by atoms with E-state index in [1.807, 2.05) is 42.8 Å². The Morgan fingerprint density at radius 1 is 1.39 bits per heavy atom. The molecule has 0 spiro atoms. The van der Waals surface area contributed by atoms with E-state index in [1.54, 1.807) is 7.11 Å². The molecule has 0 saturated heterocycles. The van der Waals surface area contributed by atoms with Crippen molar-refractivity contribution in [2.24, 2.45) is 4.99 Å². The summed E-state index contributed by atoms with van der Waals surface area (Å²) in [6, 6.07) is 7.89. The molecular weight excluding hydrogens is 356 g/mol. The summed E-state index contributed by atoms with van der Waals surface area (Å²) < 4.78 is 13.2. The smallest absolute Gasteiger partial charge is 0.191 e. The molecule has 2 N–H and O–H groups in total. The molecule has 28 heavy (non-hydrogen) atoms. The van der Waals surface area contributed by atoms with Gasteiger partial charge in [0.2, 0.25) is 0 Å². The van der Waals surface area contributed by atoms with Gasteiger partial charge in [0.05, 0.1) is 20.2 Å². The van der Waals surface area contributed by atoms with Crippen molar-refractivity contribution in [3.05, 3.63) is 35.9 Å². The zero-order chi connectivity index (χ0) is 19.9. The first-order valence-electron chi connectivity index (χ1n) is 9.83. The molecule has 8 heteroatoms. The summed E-state index contributed by atoms with van der Waals surface area (Å²) in [5.41, 5.74) is 0. The zero-order valence-electron chi connectivity index (χ0n) is 17.1. The number of aryl methyl sites for hydroxylation is 2. The molecule has 1 aromatic heterocycles. The molecule has 152 valence electrons. The van der Waals surface area contributed by atoms with E-state index >= 15 is 0 Å². The van der Waals surface area contributed by atoms with Gasteiger partial charge < -0.3 is 20.1 Å². The molecule has 0 aliphatic carbocycles. The number of methoxy groups -OCH3 is 1. The fourth-order valence-corrected chi connectivity index (χ4v) is 3.23.